The van der Waals surface area contributed by atoms with E-state index in [1.807, 2.05) is 20.8 Å². The molecule has 1 saturated carbocycles. The van der Waals surface area contributed by atoms with Gasteiger partial charge in [0.05, 0.1) is 11.3 Å². The van der Waals surface area contributed by atoms with Crippen molar-refractivity contribution in [2.45, 2.75) is 52.2 Å². The highest BCUT2D eigenvalue weighted by Gasteiger charge is 2.45. The van der Waals surface area contributed by atoms with Gasteiger partial charge in [-0.05, 0) is 33.6 Å². The van der Waals surface area contributed by atoms with Gasteiger partial charge in [0.25, 0.3) is 0 Å². The van der Waals surface area contributed by atoms with Crippen molar-refractivity contribution >= 4 is 11.8 Å². The minimum atomic E-state index is -0.504. The Morgan fingerprint density at radius 1 is 1.41 bits per heavy atom. The molecule has 4 nitrogen and oxygen atoms in total. The fraction of sp³-hybridized carbons (Fsp3) is 0.846. The zero-order chi connectivity index (χ0) is 12.6. The zero-order valence-corrected chi connectivity index (χ0v) is 10.8. The fourth-order valence-electron chi connectivity index (χ4n) is 2.59. The largest absolute Gasteiger partial charge is 0.460 e. The highest BCUT2D eigenvalue weighted by atomic mass is 16.5. The summed E-state index contributed by atoms with van der Waals surface area (Å²) in [6.45, 7) is 6.11. The van der Waals surface area contributed by atoms with Gasteiger partial charge in [0.1, 0.15) is 11.9 Å². The first-order valence-corrected chi connectivity index (χ1v) is 6.37. The fourth-order valence-corrected chi connectivity index (χ4v) is 2.59. The molecule has 0 aromatic heterocycles. The molecule has 3 unspecified atom stereocenters. The number of fused-ring (bicyclic) bond motifs is 1. The molecule has 0 spiro atoms. The molecule has 2 aliphatic rings. The van der Waals surface area contributed by atoms with Gasteiger partial charge in [0.2, 0.25) is 0 Å². The predicted molar refractivity (Wildman–Crippen MR) is 63.5 cm³/mol. The molecule has 2 rings (SSSR count). The Bertz CT molecular complexity index is 332. The van der Waals surface area contributed by atoms with Gasteiger partial charge < -0.3 is 10.1 Å². The van der Waals surface area contributed by atoms with Gasteiger partial charge in [-0.25, -0.2) is 0 Å². The van der Waals surface area contributed by atoms with E-state index >= 15 is 0 Å². The molecule has 3 atom stereocenters. The van der Waals surface area contributed by atoms with Gasteiger partial charge >= 0.3 is 5.97 Å². The number of carbonyl (C=O) groups excluding carboxylic acids is 2. The maximum atomic E-state index is 11.9. The number of nitrogens with one attached hydrogen (secondary N) is 1. The number of rotatable bonds is 1. The van der Waals surface area contributed by atoms with Crippen molar-refractivity contribution in [3.63, 3.8) is 0 Å². The predicted octanol–water partition coefficient (Wildman–Crippen LogP) is 1.29. The normalized spacial score (nSPS) is 33.4. The van der Waals surface area contributed by atoms with Crippen molar-refractivity contribution in [2.24, 2.45) is 11.3 Å². The maximum absolute atomic E-state index is 11.9. The summed E-state index contributed by atoms with van der Waals surface area (Å²) in [5.41, 5.74) is -0.504. The summed E-state index contributed by atoms with van der Waals surface area (Å²) < 4.78 is 5.49. The second-order valence-corrected chi connectivity index (χ2v) is 6.09. The van der Waals surface area contributed by atoms with Gasteiger partial charge in [-0.3, -0.25) is 9.59 Å². The van der Waals surface area contributed by atoms with Crippen molar-refractivity contribution in [3.05, 3.63) is 0 Å². The van der Waals surface area contributed by atoms with Crippen LogP contribution >= 0.6 is 0 Å². The molecule has 0 bridgehead atoms. The minimum absolute atomic E-state index is 0.116. The van der Waals surface area contributed by atoms with E-state index in [2.05, 4.69) is 5.32 Å². The lowest BCUT2D eigenvalue weighted by Gasteiger charge is -2.28. The highest BCUT2D eigenvalue weighted by Crippen LogP contribution is 2.31. The number of Topliss-reactive ketones (excluding diaryl/α,β-unsaturated/α-hetero) is 1. The number of ketones is 1. The van der Waals surface area contributed by atoms with Gasteiger partial charge in [0.15, 0.2) is 0 Å². The van der Waals surface area contributed by atoms with Crippen molar-refractivity contribution in [2.75, 3.05) is 6.54 Å². The van der Waals surface area contributed by atoms with Crippen molar-refractivity contribution in [1.29, 1.82) is 0 Å². The summed E-state index contributed by atoms with van der Waals surface area (Å²) >= 11 is 0. The van der Waals surface area contributed by atoms with E-state index < -0.39 is 5.41 Å². The number of hydrogen-bond donors (Lipinski definition) is 1. The summed E-state index contributed by atoms with van der Waals surface area (Å²) in [5.74, 6) is -0.0867. The van der Waals surface area contributed by atoms with Crippen molar-refractivity contribution in [1.82, 2.24) is 5.32 Å². The molecule has 1 N–H and O–H groups in total. The Kier molecular flexibility index (Phi) is 3.25. The molecule has 2 fully saturated rings. The summed E-state index contributed by atoms with van der Waals surface area (Å²) in [7, 11) is 0. The molecule has 1 heterocycles. The molecule has 0 amide bonds. The molecule has 96 valence electrons. The SMILES string of the molecule is CC(C)(C)C(=O)OC1CNC2CCCC(=O)C21. The molecule has 1 aliphatic heterocycles. The van der Waals surface area contributed by atoms with Crippen LogP contribution in [0.4, 0.5) is 0 Å². The van der Waals surface area contributed by atoms with E-state index in [9.17, 15) is 9.59 Å². The van der Waals surface area contributed by atoms with Crippen LogP contribution in [0, 0.1) is 11.3 Å². The van der Waals surface area contributed by atoms with E-state index in [4.69, 9.17) is 4.74 Å². The van der Waals surface area contributed by atoms with E-state index in [0.29, 0.717) is 13.0 Å². The minimum Gasteiger partial charge on any atom is -0.460 e. The molecule has 4 heteroatoms. The Morgan fingerprint density at radius 2 is 2.12 bits per heavy atom. The zero-order valence-electron chi connectivity index (χ0n) is 10.8. The lowest BCUT2D eigenvalue weighted by molar-refractivity contribution is -0.161. The Hall–Kier alpha value is -0.900. The summed E-state index contributed by atoms with van der Waals surface area (Å²) in [6, 6.07) is 0.217. The molecule has 17 heavy (non-hydrogen) atoms. The molecule has 0 radical (unpaired) electrons. The molecule has 0 aromatic carbocycles. The third kappa shape index (κ3) is 2.51. The van der Waals surface area contributed by atoms with Crippen LogP contribution in [0.1, 0.15) is 40.0 Å². The quantitative estimate of drug-likeness (QED) is 0.700. The van der Waals surface area contributed by atoms with Crippen molar-refractivity contribution < 1.29 is 14.3 Å². The van der Waals surface area contributed by atoms with Crippen LogP contribution in [0.2, 0.25) is 0 Å². The maximum Gasteiger partial charge on any atom is 0.311 e. The number of ether oxygens (including phenoxy) is 1. The van der Waals surface area contributed by atoms with E-state index in [-0.39, 0.29) is 29.8 Å². The van der Waals surface area contributed by atoms with Gasteiger partial charge in [0, 0.05) is 19.0 Å². The second-order valence-electron chi connectivity index (χ2n) is 6.09. The number of esters is 1. The molecule has 0 aromatic rings. The van der Waals surface area contributed by atoms with Crippen molar-refractivity contribution in [3.8, 4) is 0 Å². The summed E-state index contributed by atoms with van der Waals surface area (Å²) in [5, 5.41) is 3.30. The third-order valence-electron chi connectivity index (χ3n) is 3.60. The van der Waals surface area contributed by atoms with Crippen LogP contribution in [0.25, 0.3) is 0 Å². The van der Waals surface area contributed by atoms with Crippen LogP contribution in [-0.2, 0) is 14.3 Å². The monoisotopic (exact) mass is 239 g/mol. The average Bonchev–Trinajstić information content (AvgIpc) is 2.61. The van der Waals surface area contributed by atoms with E-state index in [1.54, 1.807) is 0 Å². The first-order valence-electron chi connectivity index (χ1n) is 6.37. The molecule has 1 saturated heterocycles. The Morgan fingerprint density at radius 3 is 2.76 bits per heavy atom. The van der Waals surface area contributed by atoms with Gasteiger partial charge in [-0.15, -0.1) is 0 Å². The smallest absolute Gasteiger partial charge is 0.311 e. The van der Waals surface area contributed by atoms with Crippen LogP contribution in [-0.4, -0.2) is 30.4 Å². The second kappa shape index (κ2) is 4.41. The number of hydrogen-bond acceptors (Lipinski definition) is 4. The van der Waals surface area contributed by atoms with Gasteiger partial charge in [-0.2, -0.15) is 0 Å². The standard InChI is InChI=1S/C13H21NO3/c1-13(2,3)12(16)17-10-7-14-8-5-4-6-9(15)11(8)10/h8,10-11,14H,4-7H2,1-3H3. The van der Waals surface area contributed by atoms with Crippen LogP contribution in [0.5, 0.6) is 0 Å². The molecular formula is C13H21NO3. The average molecular weight is 239 g/mol. The topological polar surface area (TPSA) is 55.4 Å². The molecular weight excluding hydrogens is 218 g/mol. The van der Waals surface area contributed by atoms with Gasteiger partial charge in [-0.1, -0.05) is 0 Å². The third-order valence-corrected chi connectivity index (χ3v) is 3.60. The first kappa shape index (κ1) is 12.6. The summed E-state index contributed by atoms with van der Waals surface area (Å²) in [6.07, 6.45) is 2.33. The van der Waals surface area contributed by atoms with E-state index in [1.165, 1.54) is 0 Å². The van der Waals surface area contributed by atoms with Crippen LogP contribution in [0.3, 0.4) is 0 Å². The Balaban J connectivity index is 2.03. The summed E-state index contributed by atoms with van der Waals surface area (Å²) in [4.78, 5) is 23.7. The Labute approximate surface area is 102 Å². The highest BCUT2D eigenvalue weighted by molar-refractivity contribution is 5.84. The van der Waals surface area contributed by atoms with Crippen LogP contribution in [0.15, 0.2) is 0 Å². The lowest BCUT2D eigenvalue weighted by atomic mass is 9.83. The lowest BCUT2D eigenvalue weighted by Crippen LogP contribution is -2.40. The van der Waals surface area contributed by atoms with E-state index in [0.717, 1.165) is 12.8 Å². The first-order chi connectivity index (χ1) is 7.89. The molecule has 1 aliphatic carbocycles. The number of carbonyl (C=O) groups is 2. The van der Waals surface area contributed by atoms with Crippen LogP contribution < -0.4 is 5.32 Å².